The van der Waals surface area contributed by atoms with Crippen molar-refractivity contribution in [1.29, 1.82) is 0 Å². The predicted octanol–water partition coefficient (Wildman–Crippen LogP) is 3.50. The fraction of sp³-hybridized carbons (Fsp3) is 1.00. The van der Waals surface area contributed by atoms with E-state index in [4.69, 9.17) is 0 Å². The van der Waals surface area contributed by atoms with Gasteiger partial charge in [-0.05, 0) is 118 Å². The molecule has 0 spiro atoms. The van der Waals surface area contributed by atoms with Crippen molar-refractivity contribution in [3.63, 3.8) is 0 Å². The van der Waals surface area contributed by atoms with Crippen molar-refractivity contribution >= 4 is 0 Å². The van der Waals surface area contributed by atoms with Gasteiger partial charge in [-0.2, -0.15) is 0 Å². The first-order valence-electron chi connectivity index (χ1n) is 13.2. The van der Waals surface area contributed by atoms with Gasteiger partial charge in [-0.1, -0.05) is 20.8 Å². The summed E-state index contributed by atoms with van der Waals surface area (Å²) in [5.41, 5.74) is -0.926. The van der Waals surface area contributed by atoms with Crippen LogP contribution >= 0.6 is 0 Å². The Morgan fingerprint density at radius 3 is 2.31 bits per heavy atom. The smallest absolute Gasteiger partial charge is 0.0623 e. The third-order valence-corrected chi connectivity index (χ3v) is 11.1. The number of aliphatic hydroxyl groups excluding tert-OH is 4. The fourth-order valence-corrected chi connectivity index (χ4v) is 9.30. The highest BCUT2D eigenvalue weighted by atomic mass is 16.3. The Balaban J connectivity index is 1.54. The van der Waals surface area contributed by atoms with Crippen molar-refractivity contribution in [2.75, 3.05) is 0 Å². The van der Waals surface area contributed by atoms with Gasteiger partial charge in [0.1, 0.15) is 0 Å². The molecule has 0 saturated heterocycles. The molecule has 0 heterocycles. The quantitative estimate of drug-likeness (QED) is 0.440. The Morgan fingerprint density at radius 2 is 1.66 bits per heavy atom. The zero-order valence-electron chi connectivity index (χ0n) is 20.9. The van der Waals surface area contributed by atoms with E-state index in [1.807, 2.05) is 0 Å². The average Bonchev–Trinajstić information content (AvgIpc) is 2.96. The van der Waals surface area contributed by atoms with E-state index in [0.29, 0.717) is 42.9 Å². The highest BCUT2D eigenvalue weighted by Crippen LogP contribution is 2.68. The largest absolute Gasteiger partial charge is 0.393 e. The Bertz CT molecular complexity index is 675. The molecule has 4 saturated carbocycles. The highest BCUT2D eigenvalue weighted by Gasteiger charge is 2.64. The number of aliphatic hydroxyl groups is 5. The van der Waals surface area contributed by atoms with Gasteiger partial charge in [0, 0.05) is 0 Å². The lowest BCUT2D eigenvalue weighted by Crippen LogP contribution is -2.59. The molecule has 0 aliphatic heterocycles. The first-order chi connectivity index (χ1) is 14.8. The number of fused-ring (bicyclic) bond motifs is 5. The molecule has 4 aliphatic rings. The third kappa shape index (κ3) is 3.98. The van der Waals surface area contributed by atoms with E-state index in [9.17, 15) is 25.5 Å². The topological polar surface area (TPSA) is 101 Å². The average molecular weight is 453 g/mol. The van der Waals surface area contributed by atoms with Crippen LogP contribution in [0.15, 0.2) is 0 Å². The maximum absolute atomic E-state index is 11.3. The summed E-state index contributed by atoms with van der Waals surface area (Å²) in [5.74, 6) is 1.80. The minimum atomic E-state index is -0.790. The molecule has 12 atom stereocenters. The predicted molar refractivity (Wildman–Crippen MR) is 125 cm³/mol. The molecule has 4 fully saturated rings. The second kappa shape index (κ2) is 8.48. The summed E-state index contributed by atoms with van der Waals surface area (Å²) in [6, 6.07) is 0. The van der Waals surface area contributed by atoms with Crippen LogP contribution in [-0.2, 0) is 0 Å². The summed E-state index contributed by atoms with van der Waals surface area (Å²) in [7, 11) is 0. The second-order valence-electron chi connectivity index (χ2n) is 13.3. The number of rotatable bonds is 5. The lowest BCUT2D eigenvalue weighted by molar-refractivity contribution is -0.183. The standard InChI is InChI=1S/C27H48O5/c1-15(21(29)9-10-25(2,3)32)24-22(30)14-20-18-7-6-16-12-17(28)13-23(31)27(16,5)19(18)8-11-26(20,24)4/h15-24,28-32H,6-14H2,1-5H3/t15-,16+,17-,18-,19+,20+,21+,22+,23-,24+,26+,27+/m1/s1. The molecule has 0 amide bonds. The van der Waals surface area contributed by atoms with E-state index in [1.54, 1.807) is 13.8 Å². The Labute approximate surface area is 194 Å². The van der Waals surface area contributed by atoms with Crippen LogP contribution in [-0.4, -0.2) is 55.5 Å². The van der Waals surface area contributed by atoms with Gasteiger partial charge in [-0.15, -0.1) is 0 Å². The van der Waals surface area contributed by atoms with Crippen molar-refractivity contribution < 1.29 is 25.5 Å². The summed E-state index contributed by atoms with van der Waals surface area (Å²) in [6.45, 7) is 10.3. The lowest BCUT2D eigenvalue weighted by Gasteiger charge is -2.62. The molecule has 0 unspecified atom stereocenters. The van der Waals surface area contributed by atoms with E-state index in [1.165, 1.54) is 0 Å². The Hall–Kier alpha value is -0.200. The van der Waals surface area contributed by atoms with Crippen molar-refractivity contribution in [1.82, 2.24) is 0 Å². The minimum Gasteiger partial charge on any atom is -0.393 e. The highest BCUT2D eigenvalue weighted by molar-refractivity contribution is 5.13. The molecular formula is C27H48O5. The van der Waals surface area contributed by atoms with Crippen LogP contribution < -0.4 is 0 Å². The first-order valence-corrected chi connectivity index (χ1v) is 13.2. The molecule has 4 aliphatic carbocycles. The SMILES string of the molecule is C[C@@H]([C@H]1[C@@H](O)C[C@H]2[C@@H]3CC[C@H]4C[C@@H](O)C[C@@H](O)[C@]4(C)[C@H]3CC[C@]12C)[C@@H](O)CCC(C)(C)O. The lowest BCUT2D eigenvalue weighted by atomic mass is 9.43. The molecule has 0 aromatic heterocycles. The van der Waals surface area contributed by atoms with Gasteiger partial charge >= 0.3 is 0 Å². The number of hydrogen-bond acceptors (Lipinski definition) is 5. The molecule has 32 heavy (non-hydrogen) atoms. The van der Waals surface area contributed by atoms with Crippen LogP contribution in [0, 0.1) is 46.3 Å². The molecule has 186 valence electrons. The van der Waals surface area contributed by atoms with E-state index in [2.05, 4.69) is 20.8 Å². The van der Waals surface area contributed by atoms with Crippen LogP contribution in [0.3, 0.4) is 0 Å². The van der Waals surface area contributed by atoms with Crippen LogP contribution in [0.1, 0.15) is 92.4 Å². The van der Waals surface area contributed by atoms with Crippen molar-refractivity contribution in [2.45, 2.75) is 122 Å². The zero-order valence-corrected chi connectivity index (χ0v) is 20.9. The molecule has 0 radical (unpaired) electrons. The van der Waals surface area contributed by atoms with Crippen LogP contribution in [0.25, 0.3) is 0 Å². The summed E-state index contributed by atoms with van der Waals surface area (Å²) < 4.78 is 0. The summed E-state index contributed by atoms with van der Waals surface area (Å²) >= 11 is 0. The maximum Gasteiger partial charge on any atom is 0.0623 e. The van der Waals surface area contributed by atoms with E-state index in [0.717, 1.165) is 38.5 Å². The van der Waals surface area contributed by atoms with Gasteiger partial charge in [0.15, 0.2) is 0 Å². The van der Waals surface area contributed by atoms with Crippen LogP contribution in [0.5, 0.6) is 0 Å². The molecule has 0 aromatic carbocycles. The molecule has 4 rings (SSSR count). The van der Waals surface area contributed by atoms with Crippen molar-refractivity contribution in [3.8, 4) is 0 Å². The Kier molecular flexibility index (Phi) is 6.60. The van der Waals surface area contributed by atoms with Crippen LogP contribution in [0.2, 0.25) is 0 Å². The van der Waals surface area contributed by atoms with E-state index >= 15 is 0 Å². The second-order valence-corrected chi connectivity index (χ2v) is 13.3. The van der Waals surface area contributed by atoms with E-state index < -0.39 is 23.9 Å². The molecule has 5 heteroatoms. The molecule has 5 nitrogen and oxygen atoms in total. The summed E-state index contributed by atoms with van der Waals surface area (Å²) in [6.07, 6.45) is 5.73. The third-order valence-electron chi connectivity index (χ3n) is 11.1. The summed E-state index contributed by atoms with van der Waals surface area (Å²) in [5, 5.41) is 53.7. The molecular weight excluding hydrogens is 404 g/mol. The van der Waals surface area contributed by atoms with Gasteiger partial charge in [-0.25, -0.2) is 0 Å². The van der Waals surface area contributed by atoms with Crippen molar-refractivity contribution in [3.05, 3.63) is 0 Å². The van der Waals surface area contributed by atoms with Gasteiger partial charge in [-0.3, -0.25) is 0 Å². The molecule has 5 N–H and O–H groups in total. The molecule has 0 bridgehead atoms. The maximum atomic E-state index is 11.3. The van der Waals surface area contributed by atoms with Gasteiger partial charge in [0.05, 0.1) is 30.0 Å². The fourth-order valence-electron chi connectivity index (χ4n) is 9.30. The van der Waals surface area contributed by atoms with Gasteiger partial charge in [0.25, 0.3) is 0 Å². The summed E-state index contributed by atoms with van der Waals surface area (Å²) in [4.78, 5) is 0. The number of hydrogen-bond donors (Lipinski definition) is 5. The monoisotopic (exact) mass is 452 g/mol. The van der Waals surface area contributed by atoms with E-state index in [-0.39, 0.29) is 28.8 Å². The first kappa shape index (κ1) is 24.9. The van der Waals surface area contributed by atoms with Crippen molar-refractivity contribution in [2.24, 2.45) is 46.3 Å². The molecule has 0 aromatic rings. The minimum absolute atomic E-state index is 0.00194. The normalized spacial score (nSPS) is 50.8. The van der Waals surface area contributed by atoms with Gasteiger partial charge in [0.2, 0.25) is 0 Å². The zero-order chi connectivity index (χ0) is 23.6. The van der Waals surface area contributed by atoms with Crippen LogP contribution in [0.4, 0.5) is 0 Å². The Morgan fingerprint density at radius 1 is 0.969 bits per heavy atom. The van der Waals surface area contributed by atoms with Gasteiger partial charge < -0.3 is 25.5 Å².